The van der Waals surface area contributed by atoms with E-state index < -0.39 is 17.5 Å². The first-order chi connectivity index (χ1) is 22.3. The summed E-state index contributed by atoms with van der Waals surface area (Å²) in [5.74, 6) is -1.55. The molecule has 2 atom stereocenters. The predicted octanol–water partition coefficient (Wildman–Crippen LogP) is 3.36. The molecule has 3 saturated heterocycles. The number of hydrogen-bond acceptors (Lipinski definition) is 10. The number of anilines is 3. The Balaban J connectivity index is 0.000000182. The van der Waals surface area contributed by atoms with E-state index in [-0.39, 0.29) is 40.8 Å². The number of hydrogen-bond donors (Lipinski definition) is 3. The summed E-state index contributed by atoms with van der Waals surface area (Å²) in [4.78, 5) is 37.6. The smallest absolute Gasteiger partial charge is 0.254 e. The lowest BCUT2D eigenvalue weighted by Crippen LogP contribution is -2.36. The number of halogens is 2. The first-order valence-corrected chi connectivity index (χ1v) is 15.1. The van der Waals surface area contributed by atoms with Crippen molar-refractivity contribution in [3.8, 4) is 12.4 Å². The van der Waals surface area contributed by atoms with Gasteiger partial charge in [-0.25, -0.2) is 18.7 Å². The molecule has 238 valence electrons. The van der Waals surface area contributed by atoms with Crippen molar-refractivity contribution in [2.75, 3.05) is 49.5 Å². The third-order valence-electron chi connectivity index (χ3n) is 8.04. The molecule has 3 aromatic rings. The molecule has 14 heteroatoms. The van der Waals surface area contributed by atoms with E-state index >= 15 is 0 Å². The molecule has 6 rings (SSSR count). The van der Waals surface area contributed by atoms with Crippen molar-refractivity contribution in [1.82, 2.24) is 30.4 Å². The van der Waals surface area contributed by atoms with Crippen molar-refractivity contribution in [2.45, 2.75) is 37.8 Å². The molecule has 0 spiro atoms. The topological polar surface area (TPSA) is 153 Å². The number of rotatable bonds is 7. The monoisotopic (exact) mass is 628 g/mol. The Morgan fingerprint density at radius 1 is 0.804 bits per heavy atom. The van der Waals surface area contributed by atoms with Crippen molar-refractivity contribution in [1.29, 1.82) is 10.5 Å². The fourth-order valence-electron chi connectivity index (χ4n) is 5.57. The zero-order valence-electron chi connectivity index (χ0n) is 25.1. The summed E-state index contributed by atoms with van der Waals surface area (Å²) in [5.41, 5.74) is 1.32. The van der Waals surface area contributed by atoms with Crippen LogP contribution < -0.4 is 20.9 Å². The fraction of sp³-hybridized carbons (Fsp3) is 0.375. The molecule has 0 radical (unpaired) electrons. The van der Waals surface area contributed by atoms with Crippen LogP contribution in [0.5, 0.6) is 0 Å². The number of aromatic nitrogens is 2. The van der Waals surface area contributed by atoms with Crippen LogP contribution in [-0.2, 0) is 0 Å². The minimum absolute atomic E-state index is 0.0679. The number of nitriles is 2. The second-order valence-electron chi connectivity index (χ2n) is 11.3. The highest BCUT2D eigenvalue weighted by Crippen LogP contribution is 2.23. The third-order valence-corrected chi connectivity index (χ3v) is 8.04. The number of likely N-dealkylation sites (tertiary alicyclic amines) is 2. The quantitative estimate of drug-likeness (QED) is 0.332. The molecule has 46 heavy (non-hydrogen) atoms. The van der Waals surface area contributed by atoms with E-state index in [1.165, 1.54) is 18.2 Å². The number of amides is 2. The van der Waals surface area contributed by atoms with E-state index in [2.05, 4.69) is 37.0 Å². The molecule has 3 aliphatic heterocycles. The third kappa shape index (κ3) is 8.15. The van der Waals surface area contributed by atoms with E-state index in [0.717, 1.165) is 37.7 Å². The maximum Gasteiger partial charge on any atom is 0.254 e. The number of carbonyl (C=O) groups excluding carboxylic acids is 2. The van der Waals surface area contributed by atoms with Crippen molar-refractivity contribution in [3.63, 3.8) is 0 Å². The van der Waals surface area contributed by atoms with Gasteiger partial charge in [-0.2, -0.15) is 10.5 Å². The summed E-state index contributed by atoms with van der Waals surface area (Å²) in [5, 5.41) is 26.0. The van der Waals surface area contributed by atoms with Crippen LogP contribution in [0.2, 0.25) is 0 Å². The summed E-state index contributed by atoms with van der Waals surface area (Å²) >= 11 is 0. The van der Waals surface area contributed by atoms with Crippen LogP contribution in [0, 0.1) is 34.5 Å². The van der Waals surface area contributed by atoms with Gasteiger partial charge in [0.1, 0.15) is 11.6 Å². The van der Waals surface area contributed by atoms with Crippen LogP contribution in [0.1, 0.15) is 46.4 Å². The van der Waals surface area contributed by atoms with Gasteiger partial charge in [0.15, 0.2) is 12.4 Å². The van der Waals surface area contributed by atoms with E-state index in [4.69, 9.17) is 10.5 Å². The van der Waals surface area contributed by atoms with Crippen LogP contribution in [0.4, 0.5) is 26.1 Å². The van der Waals surface area contributed by atoms with Crippen molar-refractivity contribution in [2.24, 2.45) is 0 Å². The number of nitrogens with one attached hydrogen (secondary N) is 3. The summed E-state index contributed by atoms with van der Waals surface area (Å²) in [7, 11) is 0. The highest BCUT2D eigenvalue weighted by molar-refractivity contribution is 5.95. The maximum atomic E-state index is 14.2. The Hall–Kier alpha value is -5.50. The zero-order chi connectivity index (χ0) is 32.5. The molecule has 12 nitrogen and oxygen atoms in total. The van der Waals surface area contributed by atoms with Crippen LogP contribution >= 0.6 is 0 Å². The van der Waals surface area contributed by atoms with Gasteiger partial charge in [0.25, 0.3) is 11.8 Å². The van der Waals surface area contributed by atoms with Crippen LogP contribution in [-0.4, -0.2) is 82.9 Å². The summed E-state index contributed by atoms with van der Waals surface area (Å²) in [6, 6.07) is 10.4. The number of carbonyl (C=O) groups is 2. The highest BCUT2D eigenvalue weighted by atomic mass is 19.1. The summed E-state index contributed by atoms with van der Waals surface area (Å²) in [6.07, 6.45) is 10.9. The molecular weight excluding hydrogens is 594 g/mol. The summed E-state index contributed by atoms with van der Waals surface area (Å²) in [6.45, 7) is 4.12. The Labute approximate surface area is 265 Å². The van der Waals surface area contributed by atoms with E-state index in [1.54, 1.807) is 40.4 Å². The summed E-state index contributed by atoms with van der Waals surface area (Å²) < 4.78 is 28.4. The molecule has 0 saturated carbocycles. The Bertz CT molecular complexity index is 1620. The average Bonchev–Trinajstić information content (AvgIpc) is 3.86. The second-order valence-corrected chi connectivity index (χ2v) is 11.3. The Morgan fingerprint density at radius 3 is 2.00 bits per heavy atom. The van der Waals surface area contributed by atoms with E-state index in [9.17, 15) is 18.4 Å². The SMILES string of the molecule is N#CN1CC[C@@H](NC(=O)c2ccc(N3CCCC3)cc2F)C1.N#CN1CC[C@@H](NC(=O)c2ccc(Nc3ncccn3)c(F)c2)C1. The Kier molecular flexibility index (Phi) is 10.4. The van der Waals surface area contributed by atoms with Gasteiger partial charge in [0, 0.05) is 75.0 Å². The first kappa shape index (κ1) is 31.9. The van der Waals surface area contributed by atoms with E-state index in [1.807, 2.05) is 6.19 Å². The molecule has 3 aliphatic rings. The van der Waals surface area contributed by atoms with Crippen LogP contribution in [0.3, 0.4) is 0 Å². The van der Waals surface area contributed by atoms with Crippen molar-refractivity contribution in [3.05, 3.63) is 77.6 Å². The minimum Gasteiger partial charge on any atom is -0.371 e. The van der Waals surface area contributed by atoms with Gasteiger partial charge in [0.2, 0.25) is 5.95 Å². The van der Waals surface area contributed by atoms with Gasteiger partial charge >= 0.3 is 0 Å². The molecule has 1 aromatic heterocycles. The Morgan fingerprint density at radius 2 is 1.43 bits per heavy atom. The van der Waals surface area contributed by atoms with Gasteiger partial charge in [-0.3, -0.25) is 9.59 Å². The normalized spacial score (nSPS) is 18.7. The lowest BCUT2D eigenvalue weighted by atomic mass is 10.1. The molecule has 3 N–H and O–H groups in total. The first-order valence-electron chi connectivity index (χ1n) is 15.1. The largest absolute Gasteiger partial charge is 0.371 e. The van der Waals surface area contributed by atoms with Gasteiger partial charge in [-0.15, -0.1) is 0 Å². The number of nitrogens with zero attached hydrogens (tertiary/aromatic N) is 7. The van der Waals surface area contributed by atoms with Gasteiger partial charge in [-0.1, -0.05) is 0 Å². The molecule has 0 unspecified atom stereocenters. The molecule has 0 bridgehead atoms. The number of benzene rings is 2. The zero-order valence-corrected chi connectivity index (χ0v) is 25.1. The van der Waals surface area contributed by atoms with Gasteiger partial charge in [-0.05, 0) is 68.1 Å². The van der Waals surface area contributed by atoms with Crippen molar-refractivity contribution >= 4 is 29.1 Å². The predicted molar refractivity (Wildman–Crippen MR) is 166 cm³/mol. The van der Waals surface area contributed by atoms with Gasteiger partial charge in [0.05, 0.1) is 11.3 Å². The van der Waals surface area contributed by atoms with Gasteiger partial charge < -0.3 is 30.7 Å². The molecular formula is C32H34F2N10O2. The van der Waals surface area contributed by atoms with Crippen LogP contribution in [0.25, 0.3) is 0 Å². The molecule has 2 amide bonds. The lowest BCUT2D eigenvalue weighted by molar-refractivity contribution is 0.0928. The lowest BCUT2D eigenvalue weighted by Gasteiger charge is -2.18. The highest BCUT2D eigenvalue weighted by Gasteiger charge is 2.25. The molecule has 4 heterocycles. The van der Waals surface area contributed by atoms with Crippen molar-refractivity contribution < 1.29 is 18.4 Å². The molecule has 2 aromatic carbocycles. The standard InChI is InChI=1S/C16H15FN6O.C16H19FN4O/c17-13-8-11(15(24)21-12-4-7-23(9-12)10-18)2-3-14(13)22-16-19-5-1-6-20-16;17-15-9-13(21-6-1-2-7-21)3-4-14(15)16(22)19-12-5-8-20(10-12)11-18/h1-3,5-6,8,12H,4,7,9H2,(H,21,24)(H,19,20,22);3-4,9,12H,1-2,5-8,10H2,(H,19,22)/t2*12-/m11/s1. The molecule has 3 fully saturated rings. The van der Waals surface area contributed by atoms with E-state index in [0.29, 0.717) is 39.0 Å². The maximum absolute atomic E-state index is 14.2. The second kappa shape index (κ2) is 15.0. The fourth-order valence-corrected chi connectivity index (χ4v) is 5.57. The molecule has 0 aliphatic carbocycles. The average molecular weight is 629 g/mol. The minimum atomic E-state index is -0.569. The van der Waals surface area contributed by atoms with Crippen LogP contribution in [0.15, 0.2) is 54.9 Å².